The fourth-order valence-corrected chi connectivity index (χ4v) is 4.39. The maximum absolute atomic E-state index is 13.3. The maximum atomic E-state index is 13.3. The lowest BCUT2D eigenvalue weighted by Gasteiger charge is -2.18. The second-order valence-corrected chi connectivity index (χ2v) is 8.02. The summed E-state index contributed by atoms with van der Waals surface area (Å²) < 4.78 is 46.3. The summed E-state index contributed by atoms with van der Waals surface area (Å²) in [7, 11) is -3.78. The van der Waals surface area contributed by atoms with E-state index in [0.29, 0.717) is 12.1 Å². The van der Waals surface area contributed by atoms with Gasteiger partial charge in [0.1, 0.15) is 16.4 Å². The molecule has 6 nitrogen and oxygen atoms in total. The molecule has 27 heavy (non-hydrogen) atoms. The van der Waals surface area contributed by atoms with E-state index < -0.39 is 10.0 Å². The lowest BCUT2D eigenvalue weighted by molar-refractivity contribution is 0.390. The van der Waals surface area contributed by atoms with Crippen molar-refractivity contribution in [3.63, 3.8) is 0 Å². The van der Waals surface area contributed by atoms with Gasteiger partial charge in [-0.15, -0.1) is 0 Å². The number of sulfonamides is 1. The van der Waals surface area contributed by atoms with E-state index in [1.54, 1.807) is 38.4 Å². The molecular weight excluding hydrogens is 369 g/mol. The molecule has 0 bridgehead atoms. The zero-order valence-corrected chi connectivity index (χ0v) is 15.8. The molecule has 1 unspecified atom stereocenters. The number of rotatable bonds is 7. The summed E-state index contributed by atoms with van der Waals surface area (Å²) in [5, 5.41) is 3.70. The van der Waals surface area contributed by atoms with Crippen LogP contribution < -0.4 is 4.72 Å². The van der Waals surface area contributed by atoms with Crippen LogP contribution in [0.4, 0.5) is 4.39 Å². The third kappa shape index (κ3) is 4.58. The van der Waals surface area contributed by atoms with Crippen molar-refractivity contribution >= 4 is 10.0 Å². The van der Waals surface area contributed by atoms with Crippen LogP contribution in [0.2, 0.25) is 0 Å². The molecule has 0 aliphatic carbocycles. The van der Waals surface area contributed by atoms with E-state index in [-0.39, 0.29) is 28.9 Å². The van der Waals surface area contributed by atoms with Gasteiger partial charge >= 0.3 is 0 Å². The Kier molecular flexibility index (Phi) is 5.67. The first kappa shape index (κ1) is 19.2. The van der Waals surface area contributed by atoms with E-state index in [2.05, 4.69) is 14.9 Å². The van der Waals surface area contributed by atoms with Crippen molar-refractivity contribution in [2.45, 2.75) is 31.1 Å². The van der Waals surface area contributed by atoms with Crippen LogP contribution in [-0.2, 0) is 16.4 Å². The second-order valence-electron chi connectivity index (χ2n) is 6.32. The van der Waals surface area contributed by atoms with Gasteiger partial charge < -0.3 is 4.52 Å². The summed E-state index contributed by atoms with van der Waals surface area (Å²) in [6.45, 7) is 3.28. The lowest BCUT2D eigenvalue weighted by atomic mass is 9.93. The molecule has 142 valence electrons. The molecule has 0 amide bonds. The molecule has 2 heterocycles. The van der Waals surface area contributed by atoms with Crippen LogP contribution in [0.25, 0.3) is 0 Å². The summed E-state index contributed by atoms with van der Waals surface area (Å²) >= 11 is 0. The first-order valence-corrected chi connectivity index (χ1v) is 9.92. The molecule has 0 saturated heterocycles. The zero-order valence-electron chi connectivity index (χ0n) is 15.0. The minimum atomic E-state index is -3.78. The van der Waals surface area contributed by atoms with E-state index in [1.165, 1.54) is 12.1 Å². The van der Waals surface area contributed by atoms with Gasteiger partial charge in [0.2, 0.25) is 10.0 Å². The minimum Gasteiger partial charge on any atom is -0.360 e. The van der Waals surface area contributed by atoms with Gasteiger partial charge in [0, 0.05) is 24.9 Å². The number of pyridine rings is 1. The number of halogens is 1. The molecule has 0 saturated carbocycles. The van der Waals surface area contributed by atoms with Crippen molar-refractivity contribution in [1.29, 1.82) is 0 Å². The monoisotopic (exact) mass is 389 g/mol. The summed E-state index contributed by atoms with van der Waals surface area (Å²) in [6, 6.07) is 9.82. The summed E-state index contributed by atoms with van der Waals surface area (Å²) in [4.78, 5) is 4.16. The van der Waals surface area contributed by atoms with Crippen molar-refractivity contribution < 1.29 is 17.3 Å². The highest BCUT2D eigenvalue weighted by Crippen LogP contribution is 2.23. The molecule has 1 aromatic carbocycles. The van der Waals surface area contributed by atoms with Gasteiger partial charge in [0.25, 0.3) is 0 Å². The van der Waals surface area contributed by atoms with Gasteiger partial charge in [0.15, 0.2) is 5.76 Å². The quantitative estimate of drug-likeness (QED) is 0.671. The van der Waals surface area contributed by atoms with Crippen LogP contribution in [0.5, 0.6) is 0 Å². The molecule has 2 aromatic heterocycles. The number of aromatic nitrogens is 2. The largest absolute Gasteiger partial charge is 0.360 e. The molecule has 3 rings (SSSR count). The van der Waals surface area contributed by atoms with Crippen molar-refractivity contribution in [3.8, 4) is 0 Å². The van der Waals surface area contributed by atoms with Crippen molar-refractivity contribution in [2.24, 2.45) is 0 Å². The average molecular weight is 389 g/mol. The molecule has 3 aromatic rings. The molecule has 1 N–H and O–H groups in total. The van der Waals surface area contributed by atoms with Crippen molar-refractivity contribution in [2.75, 3.05) is 6.54 Å². The van der Waals surface area contributed by atoms with Crippen LogP contribution in [-0.4, -0.2) is 25.1 Å². The summed E-state index contributed by atoms with van der Waals surface area (Å²) in [6.07, 6.45) is 3.97. The second kappa shape index (κ2) is 7.98. The van der Waals surface area contributed by atoms with Gasteiger partial charge in [-0.05, 0) is 49.6 Å². The smallest absolute Gasteiger partial charge is 0.245 e. The van der Waals surface area contributed by atoms with Crippen LogP contribution in [0.1, 0.15) is 28.5 Å². The highest BCUT2D eigenvalue weighted by molar-refractivity contribution is 7.89. The number of hydrogen-bond acceptors (Lipinski definition) is 5. The Balaban J connectivity index is 1.84. The van der Waals surface area contributed by atoms with Crippen molar-refractivity contribution in [3.05, 3.63) is 77.2 Å². The van der Waals surface area contributed by atoms with E-state index in [1.807, 2.05) is 12.1 Å². The van der Waals surface area contributed by atoms with Crippen LogP contribution in [0.3, 0.4) is 0 Å². The predicted octanol–water partition coefficient (Wildman–Crippen LogP) is 3.13. The van der Waals surface area contributed by atoms with Crippen molar-refractivity contribution in [1.82, 2.24) is 14.9 Å². The third-order valence-electron chi connectivity index (χ3n) is 4.30. The fourth-order valence-electron chi connectivity index (χ4n) is 2.99. The first-order valence-electron chi connectivity index (χ1n) is 8.43. The van der Waals surface area contributed by atoms with Crippen LogP contribution in [0, 0.1) is 19.7 Å². The molecule has 1 atom stereocenters. The molecule has 0 aliphatic heterocycles. The SMILES string of the molecule is Cc1noc(C)c1S(=O)(=O)NCC(Cc1cccnc1)c1ccc(F)cc1. The number of nitrogens with one attached hydrogen (secondary N) is 1. The molecule has 8 heteroatoms. The lowest BCUT2D eigenvalue weighted by Crippen LogP contribution is -2.30. The summed E-state index contributed by atoms with van der Waals surface area (Å²) in [5.74, 6) is -0.286. The van der Waals surface area contributed by atoms with Gasteiger partial charge in [-0.3, -0.25) is 4.98 Å². The molecule has 0 radical (unpaired) electrons. The maximum Gasteiger partial charge on any atom is 0.245 e. The highest BCUT2D eigenvalue weighted by atomic mass is 32.2. The average Bonchev–Trinajstić information content (AvgIpc) is 2.99. The topological polar surface area (TPSA) is 85.1 Å². The minimum absolute atomic E-state index is 0.0572. The molecule has 0 aliphatic rings. The van der Waals surface area contributed by atoms with Crippen LogP contribution >= 0.6 is 0 Å². The first-order chi connectivity index (χ1) is 12.9. The van der Waals surface area contributed by atoms with E-state index >= 15 is 0 Å². The highest BCUT2D eigenvalue weighted by Gasteiger charge is 2.25. The Labute approximate surface area is 157 Å². The zero-order chi connectivity index (χ0) is 19.4. The van der Waals surface area contributed by atoms with Gasteiger partial charge in [-0.2, -0.15) is 0 Å². The number of benzene rings is 1. The Morgan fingerprint density at radius 3 is 2.52 bits per heavy atom. The van der Waals surface area contributed by atoms with Crippen LogP contribution in [0.15, 0.2) is 58.2 Å². The number of hydrogen-bond donors (Lipinski definition) is 1. The predicted molar refractivity (Wildman–Crippen MR) is 98.2 cm³/mol. The van der Waals surface area contributed by atoms with E-state index in [0.717, 1.165) is 11.1 Å². The Hall–Kier alpha value is -2.58. The molecule has 0 spiro atoms. The third-order valence-corrected chi connectivity index (χ3v) is 5.97. The number of aryl methyl sites for hydroxylation is 2. The summed E-state index contributed by atoms with van der Waals surface area (Å²) in [5.41, 5.74) is 2.11. The van der Waals surface area contributed by atoms with Gasteiger partial charge in [0.05, 0.1) is 0 Å². The molecule has 0 fully saturated rings. The Morgan fingerprint density at radius 2 is 1.93 bits per heavy atom. The number of nitrogens with zero attached hydrogens (tertiary/aromatic N) is 2. The fraction of sp³-hybridized carbons (Fsp3) is 0.263. The molecular formula is C19H20FN3O3S. The standard InChI is InChI=1S/C19H20FN3O3S/c1-13-19(14(2)26-23-13)27(24,25)22-12-17(10-15-4-3-9-21-11-15)16-5-7-18(20)8-6-16/h3-9,11,17,22H,10,12H2,1-2H3. The van der Waals surface area contributed by atoms with Gasteiger partial charge in [-0.25, -0.2) is 17.5 Å². The van der Waals surface area contributed by atoms with E-state index in [4.69, 9.17) is 4.52 Å². The Bertz CT molecular complexity index is 983. The van der Waals surface area contributed by atoms with Gasteiger partial charge in [-0.1, -0.05) is 23.4 Å². The van der Waals surface area contributed by atoms with E-state index in [9.17, 15) is 12.8 Å². The Morgan fingerprint density at radius 1 is 1.19 bits per heavy atom. The normalized spacial score (nSPS) is 12.9.